The number of aromatic carboxylic acids is 1. The van der Waals surface area contributed by atoms with Gasteiger partial charge >= 0.3 is 12.1 Å². The number of hydrogen-bond acceptors (Lipinski definition) is 2. The number of halogens is 5. The van der Waals surface area contributed by atoms with E-state index in [9.17, 15) is 22.4 Å². The summed E-state index contributed by atoms with van der Waals surface area (Å²) in [6, 6.07) is 9.69. The van der Waals surface area contributed by atoms with Gasteiger partial charge in [-0.05, 0) is 42.5 Å². The molecule has 0 aliphatic carbocycles. The Bertz CT molecular complexity index is 999. The van der Waals surface area contributed by atoms with Gasteiger partial charge in [0, 0.05) is 10.6 Å². The highest BCUT2D eigenvalue weighted by Gasteiger charge is 2.34. The third-order valence-corrected chi connectivity index (χ3v) is 3.78. The van der Waals surface area contributed by atoms with Gasteiger partial charge in [0.2, 0.25) is 0 Å². The highest BCUT2D eigenvalue weighted by Crippen LogP contribution is 2.35. The van der Waals surface area contributed by atoms with Gasteiger partial charge in [0.1, 0.15) is 5.82 Å². The maximum absolute atomic E-state index is 13.5. The van der Waals surface area contributed by atoms with Crippen LogP contribution in [-0.2, 0) is 6.18 Å². The summed E-state index contributed by atoms with van der Waals surface area (Å²) in [5.41, 5.74) is -1.48. The van der Waals surface area contributed by atoms with Crippen LogP contribution in [0.25, 0.3) is 16.9 Å². The number of benzene rings is 2. The van der Waals surface area contributed by atoms with Gasteiger partial charge in [-0.2, -0.15) is 18.3 Å². The Balaban J connectivity index is 2.24. The fourth-order valence-corrected chi connectivity index (χ4v) is 2.58. The Morgan fingerprint density at radius 1 is 1.12 bits per heavy atom. The lowest BCUT2D eigenvalue weighted by atomic mass is 10.1. The van der Waals surface area contributed by atoms with Crippen LogP contribution in [0.1, 0.15) is 16.1 Å². The van der Waals surface area contributed by atoms with Crippen molar-refractivity contribution in [3.63, 3.8) is 0 Å². The molecular formula is C17H9ClF4N2O2. The van der Waals surface area contributed by atoms with Crippen molar-refractivity contribution in [3.05, 3.63) is 70.6 Å². The third-order valence-electron chi connectivity index (χ3n) is 3.55. The molecule has 1 heterocycles. The molecule has 0 aliphatic rings. The first-order valence-corrected chi connectivity index (χ1v) is 7.51. The zero-order valence-electron chi connectivity index (χ0n) is 12.8. The molecule has 0 saturated carbocycles. The Morgan fingerprint density at radius 2 is 1.85 bits per heavy atom. The van der Waals surface area contributed by atoms with E-state index < -0.39 is 23.5 Å². The maximum Gasteiger partial charge on any atom is 0.419 e. The highest BCUT2D eigenvalue weighted by atomic mass is 35.5. The molecule has 1 N–H and O–H groups in total. The number of alkyl halides is 3. The number of hydrogen-bond donors (Lipinski definition) is 1. The van der Waals surface area contributed by atoms with Gasteiger partial charge < -0.3 is 5.11 Å². The topological polar surface area (TPSA) is 55.1 Å². The normalized spacial score (nSPS) is 11.6. The van der Waals surface area contributed by atoms with E-state index in [2.05, 4.69) is 5.10 Å². The largest absolute Gasteiger partial charge is 0.476 e. The quantitative estimate of drug-likeness (QED) is 0.643. The number of aromatic nitrogens is 2. The standard InChI is InChI=1S/C17H9ClF4N2O2/c18-10-2-1-3-11(7-10)24-15(8-14(23-24)16(25)26)9-4-5-13(19)12(6-9)17(20,21)22/h1-8H,(H,25,26). The lowest BCUT2D eigenvalue weighted by Gasteiger charge is -2.12. The SMILES string of the molecule is O=C(O)c1cc(-c2ccc(F)c(C(F)(F)F)c2)n(-c2cccc(Cl)c2)n1. The maximum atomic E-state index is 13.5. The molecule has 0 fully saturated rings. The van der Waals surface area contributed by atoms with Crippen molar-refractivity contribution in [1.29, 1.82) is 0 Å². The summed E-state index contributed by atoms with van der Waals surface area (Å²) < 4.78 is 53.6. The zero-order valence-corrected chi connectivity index (χ0v) is 13.5. The second kappa shape index (κ2) is 6.45. The smallest absolute Gasteiger partial charge is 0.419 e. The van der Waals surface area contributed by atoms with Crippen LogP contribution in [0.3, 0.4) is 0 Å². The predicted octanol–water partition coefficient (Wildman–Crippen LogP) is 5.05. The molecule has 0 radical (unpaired) electrons. The predicted molar refractivity (Wildman–Crippen MR) is 85.9 cm³/mol. The molecule has 0 unspecified atom stereocenters. The number of carboxylic acid groups (broad SMARTS) is 1. The van der Waals surface area contributed by atoms with E-state index in [0.717, 1.165) is 16.8 Å². The van der Waals surface area contributed by atoms with Crippen molar-refractivity contribution in [2.75, 3.05) is 0 Å². The van der Waals surface area contributed by atoms with Crippen LogP contribution in [0.2, 0.25) is 5.02 Å². The van der Waals surface area contributed by atoms with Crippen LogP contribution in [0, 0.1) is 5.82 Å². The zero-order chi connectivity index (χ0) is 19.1. The van der Waals surface area contributed by atoms with Crippen molar-refractivity contribution < 1.29 is 27.5 Å². The summed E-state index contributed by atoms with van der Waals surface area (Å²) >= 11 is 5.91. The first-order chi connectivity index (χ1) is 12.2. The second-order valence-electron chi connectivity index (χ2n) is 5.30. The molecule has 0 saturated heterocycles. The van der Waals surface area contributed by atoms with Gasteiger partial charge in [-0.15, -0.1) is 0 Å². The van der Waals surface area contributed by atoms with Crippen LogP contribution in [0.4, 0.5) is 17.6 Å². The third kappa shape index (κ3) is 3.41. The fraction of sp³-hybridized carbons (Fsp3) is 0.0588. The van der Waals surface area contributed by atoms with Crippen molar-refractivity contribution >= 4 is 17.6 Å². The molecule has 0 bridgehead atoms. The molecule has 134 valence electrons. The molecule has 4 nitrogen and oxygen atoms in total. The molecule has 1 aromatic heterocycles. The van der Waals surface area contributed by atoms with Gasteiger partial charge in [0.25, 0.3) is 0 Å². The van der Waals surface area contributed by atoms with Crippen LogP contribution in [0.5, 0.6) is 0 Å². The van der Waals surface area contributed by atoms with Crippen molar-refractivity contribution in [2.24, 2.45) is 0 Å². The fourth-order valence-electron chi connectivity index (χ4n) is 2.40. The minimum atomic E-state index is -4.89. The molecule has 0 amide bonds. The van der Waals surface area contributed by atoms with Gasteiger partial charge in [-0.3, -0.25) is 0 Å². The van der Waals surface area contributed by atoms with Gasteiger partial charge in [0.05, 0.1) is 16.9 Å². The molecule has 2 aromatic carbocycles. The van der Waals surface area contributed by atoms with Crippen LogP contribution >= 0.6 is 11.6 Å². The van der Waals surface area contributed by atoms with Crippen LogP contribution in [-0.4, -0.2) is 20.9 Å². The Kier molecular flexibility index (Phi) is 4.45. The molecule has 26 heavy (non-hydrogen) atoms. The van der Waals surface area contributed by atoms with Gasteiger partial charge in [-0.1, -0.05) is 17.7 Å². The summed E-state index contributed by atoms with van der Waals surface area (Å²) in [6.45, 7) is 0. The van der Waals surface area contributed by atoms with E-state index >= 15 is 0 Å². The summed E-state index contributed by atoms with van der Waals surface area (Å²) in [7, 11) is 0. The minimum Gasteiger partial charge on any atom is -0.476 e. The van der Waals surface area contributed by atoms with Crippen molar-refractivity contribution in [1.82, 2.24) is 9.78 Å². The van der Waals surface area contributed by atoms with Crippen molar-refractivity contribution in [2.45, 2.75) is 6.18 Å². The molecule has 0 atom stereocenters. The molecule has 3 aromatic rings. The highest BCUT2D eigenvalue weighted by molar-refractivity contribution is 6.30. The number of carboxylic acids is 1. The van der Waals surface area contributed by atoms with E-state index in [1.165, 1.54) is 6.07 Å². The summed E-state index contributed by atoms with van der Waals surface area (Å²) in [6.07, 6.45) is -4.89. The molecular weight excluding hydrogens is 376 g/mol. The lowest BCUT2D eigenvalue weighted by Crippen LogP contribution is -2.08. The van der Waals surface area contributed by atoms with Gasteiger partial charge in [-0.25, -0.2) is 13.9 Å². The lowest BCUT2D eigenvalue weighted by molar-refractivity contribution is -0.139. The molecule has 0 aliphatic heterocycles. The molecule has 3 rings (SSSR count). The van der Waals surface area contributed by atoms with Crippen LogP contribution < -0.4 is 0 Å². The van der Waals surface area contributed by atoms with Crippen molar-refractivity contribution in [3.8, 4) is 16.9 Å². The van der Waals surface area contributed by atoms with E-state index in [1.54, 1.807) is 18.2 Å². The minimum absolute atomic E-state index is 0.0429. The first-order valence-electron chi connectivity index (χ1n) is 7.13. The van der Waals surface area contributed by atoms with E-state index in [4.69, 9.17) is 16.7 Å². The van der Waals surface area contributed by atoms with E-state index in [1.807, 2.05) is 0 Å². The van der Waals surface area contributed by atoms with Crippen LogP contribution in [0.15, 0.2) is 48.5 Å². The summed E-state index contributed by atoms with van der Waals surface area (Å²) in [5, 5.41) is 13.4. The Hall–Kier alpha value is -2.87. The van der Waals surface area contributed by atoms with E-state index in [0.29, 0.717) is 22.8 Å². The number of nitrogens with zero attached hydrogens (tertiary/aromatic N) is 2. The number of carbonyl (C=O) groups is 1. The first kappa shape index (κ1) is 17.9. The monoisotopic (exact) mass is 384 g/mol. The molecule has 9 heteroatoms. The Morgan fingerprint density at radius 3 is 2.46 bits per heavy atom. The average molecular weight is 385 g/mol. The second-order valence-corrected chi connectivity index (χ2v) is 5.74. The molecule has 0 spiro atoms. The van der Waals surface area contributed by atoms with Gasteiger partial charge in [0.15, 0.2) is 5.69 Å². The summed E-state index contributed by atoms with van der Waals surface area (Å²) in [4.78, 5) is 11.2. The Labute approximate surface area is 149 Å². The average Bonchev–Trinajstić information content (AvgIpc) is 3.00. The number of rotatable bonds is 3. The summed E-state index contributed by atoms with van der Waals surface area (Å²) in [5.74, 6) is -2.78. The van der Waals surface area contributed by atoms with E-state index in [-0.39, 0.29) is 17.0 Å².